The fourth-order valence-electron chi connectivity index (χ4n) is 3.50. The van der Waals surface area contributed by atoms with Gasteiger partial charge in [-0.05, 0) is 62.3 Å². The first-order valence-electron chi connectivity index (χ1n) is 9.52. The van der Waals surface area contributed by atoms with Gasteiger partial charge in [-0.15, -0.1) is 10.2 Å². The van der Waals surface area contributed by atoms with Gasteiger partial charge in [-0.3, -0.25) is 4.79 Å². The highest BCUT2D eigenvalue weighted by Gasteiger charge is 2.17. The summed E-state index contributed by atoms with van der Waals surface area (Å²) in [7, 11) is 0. The van der Waals surface area contributed by atoms with Crippen LogP contribution >= 0.6 is 11.8 Å². The molecule has 28 heavy (non-hydrogen) atoms. The van der Waals surface area contributed by atoms with Crippen molar-refractivity contribution in [2.24, 2.45) is 0 Å². The molecule has 1 aliphatic rings. The third-order valence-corrected chi connectivity index (χ3v) is 5.89. The van der Waals surface area contributed by atoms with Crippen molar-refractivity contribution in [3.8, 4) is 11.5 Å². The highest BCUT2D eigenvalue weighted by molar-refractivity contribution is 7.99. The number of thioether (sulfide) groups is 1. The number of hydrogen-bond acceptors (Lipinski definition) is 6. The molecular formula is C21H23N3O3S. The zero-order valence-electron chi connectivity index (χ0n) is 16.0. The second kappa shape index (κ2) is 8.22. The van der Waals surface area contributed by atoms with Crippen LogP contribution in [-0.4, -0.2) is 21.9 Å². The van der Waals surface area contributed by atoms with E-state index in [0.29, 0.717) is 11.1 Å². The molecule has 2 heterocycles. The van der Waals surface area contributed by atoms with Gasteiger partial charge in [0, 0.05) is 0 Å². The van der Waals surface area contributed by atoms with Crippen LogP contribution in [0.2, 0.25) is 0 Å². The molecule has 0 bridgehead atoms. The molecule has 0 saturated carbocycles. The van der Waals surface area contributed by atoms with Gasteiger partial charge in [0.25, 0.3) is 11.1 Å². The van der Waals surface area contributed by atoms with Crippen molar-refractivity contribution in [2.45, 2.75) is 50.8 Å². The quantitative estimate of drug-likeness (QED) is 0.618. The Balaban J connectivity index is 1.32. The topological polar surface area (TPSA) is 81.2 Å². The zero-order valence-corrected chi connectivity index (χ0v) is 16.8. The molecule has 1 aromatic carbocycles. The molecule has 0 saturated heterocycles. The minimum Gasteiger partial charge on any atom is -0.469 e. The van der Waals surface area contributed by atoms with Crippen LogP contribution in [0.15, 0.2) is 44.6 Å². The lowest BCUT2D eigenvalue weighted by Gasteiger charge is -2.20. The van der Waals surface area contributed by atoms with E-state index in [0.717, 1.165) is 29.7 Å². The van der Waals surface area contributed by atoms with E-state index in [4.69, 9.17) is 8.83 Å². The molecule has 1 amide bonds. The largest absolute Gasteiger partial charge is 0.469 e. The second-order valence-electron chi connectivity index (χ2n) is 7.08. The van der Waals surface area contributed by atoms with Crippen LogP contribution in [0.5, 0.6) is 0 Å². The lowest BCUT2D eigenvalue weighted by molar-refractivity contribution is -0.119. The predicted molar refractivity (Wildman–Crippen MR) is 107 cm³/mol. The number of amides is 1. The van der Waals surface area contributed by atoms with Crippen LogP contribution in [0, 0.1) is 6.92 Å². The van der Waals surface area contributed by atoms with E-state index in [9.17, 15) is 4.79 Å². The van der Waals surface area contributed by atoms with Crippen molar-refractivity contribution in [3.05, 3.63) is 53.0 Å². The highest BCUT2D eigenvalue weighted by atomic mass is 32.2. The summed E-state index contributed by atoms with van der Waals surface area (Å²) in [5.41, 5.74) is 4.79. The van der Waals surface area contributed by atoms with Crippen LogP contribution in [-0.2, 0) is 17.6 Å². The second-order valence-corrected chi connectivity index (χ2v) is 8.00. The first kappa shape index (κ1) is 18.8. The Morgan fingerprint density at radius 1 is 1.21 bits per heavy atom. The van der Waals surface area contributed by atoms with Gasteiger partial charge in [0.15, 0.2) is 0 Å². The van der Waals surface area contributed by atoms with E-state index in [1.807, 2.05) is 13.8 Å². The average Bonchev–Trinajstić information content (AvgIpc) is 3.34. The maximum Gasteiger partial charge on any atom is 0.277 e. The van der Waals surface area contributed by atoms with Crippen molar-refractivity contribution >= 4 is 17.7 Å². The van der Waals surface area contributed by atoms with Gasteiger partial charge in [-0.25, -0.2) is 0 Å². The summed E-state index contributed by atoms with van der Waals surface area (Å²) < 4.78 is 10.9. The van der Waals surface area contributed by atoms with Crippen molar-refractivity contribution in [2.75, 3.05) is 5.75 Å². The average molecular weight is 398 g/mol. The summed E-state index contributed by atoms with van der Waals surface area (Å²) >= 11 is 1.23. The van der Waals surface area contributed by atoms with Crippen LogP contribution < -0.4 is 5.32 Å². The Hall–Kier alpha value is -2.54. The Morgan fingerprint density at radius 3 is 2.82 bits per heavy atom. The monoisotopic (exact) mass is 397 g/mol. The van der Waals surface area contributed by atoms with Gasteiger partial charge >= 0.3 is 0 Å². The molecule has 7 heteroatoms. The summed E-state index contributed by atoms with van der Waals surface area (Å²) in [6.45, 7) is 3.85. The third-order valence-electron chi connectivity index (χ3n) is 5.07. The predicted octanol–water partition coefficient (Wildman–Crippen LogP) is 4.49. The van der Waals surface area contributed by atoms with E-state index >= 15 is 0 Å². The molecule has 4 rings (SSSR count). The fourth-order valence-corrected chi connectivity index (χ4v) is 4.07. The Labute approximate surface area is 168 Å². The van der Waals surface area contributed by atoms with Gasteiger partial charge in [0.1, 0.15) is 5.76 Å². The summed E-state index contributed by atoms with van der Waals surface area (Å²) in [5.74, 6) is 1.28. The number of nitrogens with one attached hydrogen (secondary N) is 1. The SMILES string of the molecule is Cc1occc1-c1nnc(SCC(=O)N[C@@H](C)c2ccc3c(c2)CCCC3)o1. The molecule has 3 aromatic rings. The molecule has 1 atom stereocenters. The fraction of sp³-hybridized carbons (Fsp3) is 0.381. The van der Waals surface area contributed by atoms with E-state index in [-0.39, 0.29) is 17.7 Å². The first-order chi connectivity index (χ1) is 13.6. The standard InChI is InChI=1S/C21H23N3O3S/c1-13(16-8-7-15-5-3-4-6-17(15)11-16)22-19(25)12-28-21-24-23-20(27-21)18-9-10-26-14(18)2/h7-11,13H,3-6,12H2,1-2H3,(H,22,25)/t13-/m0/s1. The molecule has 1 N–H and O–H groups in total. The number of furan rings is 1. The minimum atomic E-state index is -0.0607. The third kappa shape index (κ3) is 4.14. The first-order valence-corrected chi connectivity index (χ1v) is 10.5. The maximum absolute atomic E-state index is 12.3. The van der Waals surface area contributed by atoms with Gasteiger partial charge in [0.2, 0.25) is 5.91 Å². The van der Waals surface area contributed by atoms with E-state index in [2.05, 4.69) is 33.7 Å². The number of aromatic nitrogens is 2. The normalized spacial score (nSPS) is 14.5. The highest BCUT2D eigenvalue weighted by Crippen LogP contribution is 2.27. The number of hydrogen-bond donors (Lipinski definition) is 1. The van der Waals surface area contributed by atoms with Crippen LogP contribution in [0.3, 0.4) is 0 Å². The molecule has 0 spiro atoms. The van der Waals surface area contributed by atoms with Crippen LogP contribution in [0.25, 0.3) is 11.5 Å². The Bertz CT molecular complexity index is 979. The molecule has 0 unspecified atom stereocenters. The van der Waals surface area contributed by atoms with Crippen LogP contribution in [0.1, 0.15) is 48.3 Å². The number of benzene rings is 1. The summed E-state index contributed by atoms with van der Waals surface area (Å²) in [6.07, 6.45) is 6.40. The molecule has 0 fully saturated rings. The van der Waals surface area contributed by atoms with Crippen molar-refractivity contribution in [3.63, 3.8) is 0 Å². The number of carbonyl (C=O) groups excluding carboxylic acids is 1. The summed E-state index contributed by atoms with van der Waals surface area (Å²) in [5, 5.41) is 11.4. The number of nitrogens with zero attached hydrogens (tertiary/aromatic N) is 2. The smallest absolute Gasteiger partial charge is 0.277 e. The molecule has 0 aliphatic heterocycles. The summed E-state index contributed by atoms with van der Waals surface area (Å²) in [4.78, 5) is 12.3. The summed E-state index contributed by atoms with van der Waals surface area (Å²) in [6, 6.07) is 8.32. The van der Waals surface area contributed by atoms with E-state index < -0.39 is 0 Å². The number of fused-ring (bicyclic) bond motifs is 1. The van der Waals surface area contributed by atoms with Gasteiger partial charge in [0.05, 0.1) is 23.6 Å². The van der Waals surface area contributed by atoms with Gasteiger partial charge in [-0.1, -0.05) is 30.0 Å². The van der Waals surface area contributed by atoms with Crippen molar-refractivity contribution < 1.29 is 13.6 Å². The van der Waals surface area contributed by atoms with E-state index in [1.165, 1.54) is 35.7 Å². The molecule has 2 aromatic heterocycles. The maximum atomic E-state index is 12.3. The zero-order chi connectivity index (χ0) is 19.5. The van der Waals surface area contributed by atoms with Crippen LogP contribution in [0.4, 0.5) is 0 Å². The van der Waals surface area contributed by atoms with Crippen molar-refractivity contribution in [1.82, 2.24) is 15.5 Å². The molecule has 146 valence electrons. The number of carbonyl (C=O) groups is 1. The molecule has 1 aliphatic carbocycles. The molecular weight excluding hydrogens is 374 g/mol. The van der Waals surface area contributed by atoms with Gasteiger partial charge in [-0.2, -0.15) is 0 Å². The number of rotatable bonds is 6. The molecule has 0 radical (unpaired) electrons. The lowest BCUT2D eigenvalue weighted by atomic mass is 9.89. The van der Waals surface area contributed by atoms with Gasteiger partial charge < -0.3 is 14.2 Å². The molecule has 6 nitrogen and oxygen atoms in total. The Morgan fingerprint density at radius 2 is 2.04 bits per heavy atom. The number of aryl methyl sites for hydroxylation is 3. The Kier molecular flexibility index (Phi) is 5.52. The minimum absolute atomic E-state index is 0.0350. The van der Waals surface area contributed by atoms with E-state index in [1.54, 1.807) is 12.3 Å². The lowest BCUT2D eigenvalue weighted by Crippen LogP contribution is -2.28. The van der Waals surface area contributed by atoms with Crippen molar-refractivity contribution in [1.29, 1.82) is 0 Å².